The zero-order valence-corrected chi connectivity index (χ0v) is 19.9. The molecule has 12 heteroatoms. The van der Waals surface area contributed by atoms with Crippen LogP contribution in [-0.2, 0) is 9.59 Å². The zero-order chi connectivity index (χ0) is 26.8. The van der Waals surface area contributed by atoms with Gasteiger partial charge >= 0.3 is 10.2 Å². The van der Waals surface area contributed by atoms with Gasteiger partial charge in [-0.3, -0.25) is 19.5 Å². The van der Waals surface area contributed by atoms with Crippen molar-refractivity contribution < 1.29 is 33.8 Å². The van der Waals surface area contributed by atoms with Gasteiger partial charge in [-0.1, -0.05) is 32.1 Å². The summed E-state index contributed by atoms with van der Waals surface area (Å²) < 4.78 is 71.2. The van der Waals surface area contributed by atoms with Gasteiger partial charge in [0.15, 0.2) is 0 Å². The summed E-state index contributed by atoms with van der Waals surface area (Å²) in [4.78, 5) is 29.0. The number of benzene rings is 2. The monoisotopic (exact) mass is 527 g/mol. The van der Waals surface area contributed by atoms with E-state index in [2.05, 4.69) is 16.9 Å². The Morgan fingerprint density at radius 2 is 1.75 bits per heavy atom. The van der Waals surface area contributed by atoms with Crippen LogP contribution in [0.4, 0.5) is 30.8 Å². The van der Waals surface area contributed by atoms with Crippen molar-refractivity contribution in [3.8, 4) is 5.75 Å². The average molecular weight is 528 g/mol. The third-order valence-electron chi connectivity index (χ3n) is 5.17. The highest BCUT2D eigenvalue weighted by Gasteiger charge is 2.65. The normalized spacial score (nSPS) is 14.1. The molecule has 0 spiro atoms. The molecule has 3 rings (SSSR count). The second-order valence-corrected chi connectivity index (χ2v) is 10.1. The number of amides is 2. The number of halogens is 5. The van der Waals surface area contributed by atoms with E-state index < -0.39 is 33.0 Å². The van der Waals surface area contributed by atoms with Gasteiger partial charge in [-0.15, -0.1) is 0 Å². The van der Waals surface area contributed by atoms with Crippen molar-refractivity contribution in [2.45, 2.75) is 17.9 Å². The van der Waals surface area contributed by atoms with Crippen LogP contribution in [0.25, 0.3) is 0 Å². The summed E-state index contributed by atoms with van der Waals surface area (Å²) in [6.45, 7) is 5.10. The Balaban J connectivity index is 2.10. The van der Waals surface area contributed by atoms with Crippen molar-refractivity contribution >= 4 is 33.4 Å². The Bertz CT molecular complexity index is 1300. The molecular weight excluding hydrogens is 505 g/mol. The Kier molecular flexibility index (Phi) is 6.62. The molecule has 192 valence electrons. The second kappa shape index (κ2) is 8.94. The Morgan fingerprint density at radius 3 is 2.25 bits per heavy atom. The summed E-state index contributed by atoms with van der Waals surface area (Å²) in [6.07, 6.45) is 3.58. The number of hydrogen-bond donors (Lipinski definition) is 1. The van der Waals surface area contributed by atoms with E-state index in [1.54, 1.807) is 25.1 Å². The minimum Gasteiger partial charge on any atom is -0.497 e. The summed E-state index contributed by atoms with van der Waals surface area (Å²) in [6, 6.07) is 8.15. The third kappa shape index (κ3) is 6.00. The molecule has 6 nitrogen and oxygen atoms in total. The zero-order valence-electron chi connectivity index (χ0n) is 19.1. The molecule has 1 unspecified atom stereocenters. The first-order chi connectivity index (χ1) is 16.6. The average Bonchev–Trinajstić information content (AvgIpc) is 2.82. The number of anilines is 2. The van der Waals surface area contributed by atoms with Crippen molar-refractivity contribution in [3.63, 3.8) is 0 Å². The van der Waals surface area contributed by atoms with Crippen LogP contribution in [-0.4, -0.2) is 23.9 Å². The molecular formula is C24H22F5N3O3S. The lowest BCUT2D eigenvalue weighted by molar-refractivity contribution is -0.121. The lowest BCUT2D eigenvalue weighted by Crippen LogP contribution is -2.41. The molecule has 0 aliphatic heterocycles. The first-order valence-electron chi connectivity index (χ1n) is 10.3. The maximum absolute atomic E-state index is 13.5. The minimum atomic E-state index is -9.94. The molecule has 0 saturated carbocycles. The van der Waals surface area contributed by atoms with Gasteiger partial charge in [0, 0.05) is 29.3 Å². The predicted octanol–water partition coefficient (Wildman–Crippen LogP) is 6.96. The molecule has 36 heavy (non-hydrogen) atoms. The fourth-order valence-electron chi connectivity index (χ4n) is 3.43. The largest absolute Gasteiger partial charge is 0.497 e. The fraction of sp³-hybridized carbons (Fsp3) is 0.125. The summed E-state index contributed by atoms with van der Waals surface area (Å²) >= 11 is 0. The Hall–Kier alpha value is -3.93. The molecule has 1 heterocycles. The first-order valence-corrected chi connectivity index (χ1v) is 12.2. The van der Waals surface area contributed by atoms with Crippen LogP contribution in [0.2, 0.25) is 0 Å². The molecule has 2 amide bonds. The Labute approximate surface area is 204 Å². The van der Waals surface area contributed by atoms with E-state index in [0.29, 0.717) is 29.1 Å². The van der Waals surface area contributed by atoms with E-state index in [-0.39, 0.29) is 23.4 Å². The number of methoxy groups -OCH3 is 1. The lowest BCUT2D eigenvalue weighted by Gasteiger charge is -2.40. The maximum Gasteiger partial charge on any atom is 0.310 e. The topological polar surface area (TPSA) is 71.5 Å². The van der Waals surface area contributed by atoms with E-state index >= 15 is 0 Å². The number of aryl methyl sites for hydroxylation is 1. The number of ether oxygens (including phenoxy) is 1. The predicted molar refractivity (Wildman–Crippen MR) is 129 cm³/mol. The van der Waals surface area contributed by atoms with E-state index in [1.165, 1.54) is 31.6 Å². The van der Waals surface area contributed by atoms with Gasteiger partial charge in [0.1, 0.15) is 16.7 Å². The number of nitrogens with one attached hydrogen (secondary N) is 1. The van der Waals surface area contributed by atoms with Gasteiger partial charge in [0.05, 0.1) is 7.11 Å². The standard InChI is InChI=1S/C24H22F5N3O3S/c1-4-22(33)32(18-7-10-20(11-8-18)36(25,26,27,28)29)23(17-6-5-13-30-15-17)24(34)31-21-12-9-19(35-3)14-16(21)2/h4-15,23H,1H2,2-3H3,(H,31,34). The van der Waals surface area contributed by atoms with Crippen molar-refractivity contribution in [2.24, 2.45) is 0 Å². The quantitative estimate of drug-likeness (QED) is 0.254. The summed E-state index contributed by atoms with van der Waals surface area (Å²) in [5, 5.41) is 2.69. The van der Waals surface area contributed by atoms with Crippen LogP contribution < -0.4 is 15.0 Å². The maximum atomic E-state index is 13.5. The number of hydrogen-bond acceptors (Lipinski definition) is 4. The van der Waals surface area contributed by atoms with Gasteiger partial charge in [0.2, 0.25) is 0 Å². The number of carbonyl (C=O) groups excluding carboxylic acids is 2. The highest BCUT2D eigenvalue weighted by Crippen LogP contribution is 3.02. The van der Waals surface area contributed by atoms with E-state index in [0.717, 1.165) is 11.0 Å². The molecule has 1 atom stereocenters. The van der Waals surface area contributed by atoms with Crippen LogP contribution >= 0.6 is 10.2 Å². The van der Waals surface area contributed by atoms with Crippen molar-refractivity contribution in [3.05, 3.63) is 90.8 Å². The molecule has 0 bridgehead atoms. The van der Waals surface area contributed by atoms with Crippen LogP contribution in [0.1, 0.15) is 17.2 Å². The van der Waals surface area contributed by atoms with Gasteiger partial charge in [-0.05, 0) is 67.1 Å². The van der Waals surface area contributed by atoms with Crippen LogP contribution in [0.5, 0.6) is 5.75 Å². The van der Waals surface area contributed by atoms with E-state index in [4.69, 9.17) is 4.74 Å². The molecule has 0 aliphatic carbocycles. The van der Waals surface area contributed by atoms with Gasteiger partial charge in [0.25, 0.3) is 11.8 Å². The molecule has 1 aromatic heterocycles. The van der Waals surface area contributed by atoms with Gasteiger partial charge in [-0.2, -0.15) is 0 Å². The Morgan fingerprint density at radius 1 is 1.08 bits per heavy atom. The number of carbonyl (C=O) groups is 2. The fourth-order valence-corrected chi connectivity index (χ4v) is 4.08. The van der Waals surface area contributed by atoms with Gasteiger partial charge in [-0.25, -0.2) is 0 Å². The highest BCUT2D eigenvalue weighted by atomic mass is 32.5. The van der Waals surface area contributed by atoms with Crippen LogP contribution in [0.15, 0.2) is 84.5 Å². The minimum absolute atomic E-state index is 0.173. The lowest BCUT2D eigenvalue weighted by atomic mass is 10.0. The van der Waals surface area contributed by atoms with E-state index in [9.17, 15) is 29.0 Å². The molecule has 1 N–H and O–H groups in total. The number of aromatic nitrogens is 1. The second-order valence-electron chi connectivity index (χ2n) is 7.73. The molecule has 3 aromatic rings. The van der Waals surface area contributed by atoms with E-state index in [1.807, 2.05) is 0 Å². The SMILES string of the molecule is C=CC(=O)N(c1ccc(S(F)(F)(F)(F)F)cc1)C(C(=O)Nc1ccc(OC)cc1C)c1cccnc1. The van der Waals surface area contributed by atoms with Crippen molar-refractivity contribution in [1.29, 1.82) is 0 Å². The highest BCUT2D eigenvalue weighted by molar-refractivity contribution is 8.45. The summed E-state index contributed by atoms with van der Waals surface area (Å²) in [7, 11) is -8.47. The molecule has 0 fully saturated rings. The smallest absolute Gasteiger partial charge is 0.310 e. The molecule has 2 aromatic carbocycles. The number of pyridine rings is 1. The molecule has 0 radical (unpaired) electrons. The number of nitrogens with zero attached hydrogens (tertiary/aromatic N) is 2. The molecule has 0 saturated heterocycles. The third-order valence-corrected chi connectivity index (χ3v) is 6.33. The number of rotatable bonds is 8. The van der Waals surface area contributed by atoms with Crippen LogP contribution in [0.3, 0.4) is 0 Å². The van der Waals surface area contributed by atoms with Crippen molar-refractivity contribution in [2.75, 3.05) is 17.3 Å². The van der Waals surface area contributed by atoms with Crippen molar-refractivity contribution in [1.82, 2.24) is 4.98 Å². The first kappa shape index (κ1) is 26.7. The van der Waals surface area contributed by atoms with Crippen LogP contribution in [0, 0.1) is 6.92 Å². The summed E-state index contributed by atoms with van der Waals surface area (Å²) in [5.41, 5.74) is 1.00. The summed E-state index contributed by atoms with van der Waals surface area (Å²) in [5.74, 6) is -1.05. The molecule has 0 aliphatic rings. The van der Waals surface area contributed by atoms with Gasteiger partial charge < -0.3 is 10.1 Å².